The third-order valence-corrected chi connectivity index (χ3v) is 4.05. The van der Waals surface area contributed by atoms with Crippen LogP contribution in [0.15, 0.2) is 30.3 Å². The monoisotopic (exact) mass is 321 g/mol. The number of halogens is 2. The summed E-state index contributed by atoms with van der Waals surface area (Å²) >= 11 is 12.2. The molecule has 0 aliphatic carbocycles. The van der Waals surface area contributed by atoms with Crippen LogP contribution in [0.25, 0.3) is 11.1 Å². The SMILES string of the molecule is NCc1c(-c2ccc(Cl)cc2Cl)ccc2c1NC(=O)NC2. The highest BCUT2D eigenvalue weighted by molar-refractivity contribution is 6.36. The van der Waals surface area contributed by atoms with Crippen molar-refractivity contribution in [3.63, 3.8) is 0 Å². The molecule has 0 atom stereocenters. The number of carbonyl (C=O) groups is 1. The summed E-state index contributed by atoms with van der Waals surface area (Å²) in [6.45, 7) is 0.792. The van der Waals surface area contributed by atoms with Crippen molar-refractivity contribution in [1.82, 2.24) is 5.32 Å². The van der Waals surface area contributed by atoms with Gasteiger partial charge in [-0.05, 0) is 28.8 Å². The minimum atomic E-state index is -0.225. The maximum atomic E-state index is 11.5. The molecule has 1 aliphatic rings. The normalized spacial score (nSPS) is 13.4. The van der Waals surface area contributed by atoms with Crippen molar-refractivity contribution in [2.75, 3.05) is 5.32 Å². The van der Waals surface area contributed by atoms with Gasteiger partial charge in [0, 0.05) is 28.7 Å². The molecule has 2 aromatic carbocycles. The fourth-order valence-corrected chi connectivity index (χ4v) is 3.02. The van der Waals surface area contributed by atoms with Crippen molar-refractivity contribution in [3.05, 3.63) is 51.5 Å². The number of carbonyl (C=O) groups excluding carboxylic acids is 1. The zero-order valence-electron chi connectivity index (χ0n) is 11.0. The summed E-state index contributed by atoms with van der Waals surface area (Å²) in [4.78, 5) is 11.5. The number of nitrogens with two attached hydrogens (primary N) is 1. The minimum absolute atomic E-state index is 0.225. The quantitative estimate of drug-likeness (QED) is 0.788. The molecule has 0 radical (unpaired) electrons. The van der Waals surface area contributed by atoms with Crippen molar-refractivity contribution in [2.45, 2.75) is 13.1 Å². The van der Waals surface area contributed by atoms with Gasteiger partial charge in [0.1, 0.15) is 0 Å². The lowest BCUT2D eigenvalue weighted by atomic mass is 9.94. The van der Waals surface area contributed by atoms with E-state index in [1.807, 2.05) is 18.2 Å². The smallest absolute Gasteiger partial charge is 0.319 e. The topological polar surface area (TPSA) is 67.1 Å². The van der Waals surface area contributed by atoms with E-state index >= 15 is 0 Å². The molecule has 0 unspecified atom stereocenters. The van der Waals surface area contributed by atoms with Crippen LogP contribution in [0.1, 0.15) is 11.1 Å². The molecule has 0 fully saturated rings. The van der Waals surface area contributed by atoms with Crippen molar-refractivity contribution < 1.29 is 4.79 Å². The highest BCUT2D eigenvalue weighted by Crippen LogP contribution is 2.37. The second-order valence-electron chi connectivity index (χ2n) is 4.76. The van der Waals surface area contributed by atoms with Crippen LogP contribution < -0.4 is 16.4 Å². The summed E-state index contributed by atoms with van der Waals surface area (Å²) in [6, 6.07) is 9.03. The summed E-state index contributed by atoms with van der Waals surface area (Å²) in [5.74, 6) is 0. The van der Waals surface area contributed by atoms with Crippen LogP contribution in [0.4, 0.5) is 10.5 Å². The number of urea groups is 1. The van der Waals surface area contributed by atoms with Crippen LogP contribution >= 0.6 is 23.2 Å². The number of hydrogen-bond acceptors (Lipinski definition) is 2. The molecule has 0 aromatic heterocycles. The summed E-state index contributed by atoms with van der Waals surface area (Å²) < 4.78 is 0. The Hall–Kier alpha value is -1.75. The Kier molecular flexibility index (Phi) is 3.76. The first-order valence-electron chi connectivity index (χ1n) is 6.45. The number of fused-ring (bicyclic) bond motifs is 1. The van der Waals surface area contributed by atoms with Crippen molar-refractivity contribution in [3.8, 4) is 11.1 Å². The van der Waals surface area contributed by atoms with Gasteiger partial charge in [-0.25, -0.2) is 4.79 Å². The van der Waals surface area contributed by atoms with Gasteiger partial charge >= 0.3 is 6.03 Å². The van der Waals surface area contributed by atoms with Crippen molar-refractivity contribution in [1.29, 1.82) is 0 Å². The first-order valence-corrected chi connectivity index (χ1v) is 7.21. The molecule has 0 saturated heterocycles. The van der Waals surface area contributed by atoms with Gasteiger partial charge in [0.15, 0.2) is 0 Å². The maximum absolute atomic E-state index is 11.5. The molecule has 0 spiro atoms. The van der Waals surface area contributed by atoms with Gasteiger partial charge in [0.2, 0.25) is 0 Å². The summed E-state index contributed by atoms with van der Waals surface area (Å²) in [6.07, 6.45) is 0. The first kappa shape index (κ1) is 14.2. The second kappa shape index (κ2) is 5.56. The van der Waals surface area contributed by atoms with Gasteiger partial charge in [0.05, 0.1) is 5.69 Å². The molecule has 2 amide bonds. The Bertz CT molecular complexity index is 731. The van der Waals surface area contributed by atoms with Crippen LogP contribution in [-0.4, -0.2) is 6.03 Å². The van der Waals surface area contributed by atoms with E-state index in [0.717, 1.165) is 27.9 Å². The maximum Gasteiger partial charge on any atom is 0.319 e. The average Bonchev–Trinajstić information content (AvgIpc) is 2.46. The van der Waals surface area contributed by atoms with Gasteiger partial charge in [-0.2, -0.15) is 0 Å². The number of nitrogens with one attached hydrogen (secondary N) is 2. The highest BCUT2D eigenvalue weighted by Gasteiger charge is 2.20. The first-order chi connectivity index (χ1) is 10.1. The minimum Gasteiger partial charge on any atom is -0.334 e. The molecule has 3 rings (SSSR count). The zero-order chi connectivity index (χ0) is 15.0. The Labute approximate surface area is 132 Å². The molecule has 0 saturated carbocycles. The van der Waals surface area contributed by atoms with E-state index in [1.54, 1.807) is 12.1 Å². The Morgan fingerprint density at radius 3 is 2.62 bits per heavy atom. The average molecular weight is 322 g/mol. The van der Waals surface area contributed by atoms with Gasteiger partial charge in [0.25, 0.3) is 0 Å². The summed E-state index contributed by atoms with van der Waals surface area (Å²) in [7, 11) is 0. The molecular weight excluding hydrogens is 309 g/mol. The second-order valence-corrected chi connectivity index (χ2v) is 5.61. The van der Waals surface area contributed by atoms with Crippen LogP contribution in [0.5, 0.6) is 0 Å². The zero-order valence-corrected chi connectivity index (χ0v) is 12.6. The Morgan fingerprint density at radius 1 is 1.14 bits per heavy atom. The van der Waals surface area contributed by atoms with E-state index in [0.29, 0.717) is 23.1 Å². The lowest BCUT2D eigenvalue weighted by molar-refractivity contribution is 0.251. The predicted molar refractivity (Wildman–Crippen MR) is 85.6 cm³/mol. The van der Waals surface area contributed by atoms with Crippen molar-refractivity contribution >= 4 is 34.9 Å². The fourth-order valence-electron chi connectivity index (χ4n) is 2.50. The fraction of sp³-hybridized carbons (Fsp3) is 0.133. The Balaban J connectivity index is 2.19. The lowest BCUT2D eigenvalue weighted by Crippen LogP contribution is -2.34. The molecule has 21 heavy (non-hydrogen) atoms. The summed E-state index contributed by atoms with van der Waals surface area (Å²) in [5, 5.41) is 6.68. The third-order valence-electron chi connectivity index (χ3n) is 3.50. The number of rotatable bonds is 2. The van der Waals surface area contributed by atoms with Gasteiger partial charge in [-0.15, -0.1) is 0 Å². The van der Waals surface area contributed by atoms with Gasteiger partial charge < -0.3 is 16.4 Å². The van der Waals surface area contributed by atoms with E-state index in [4.69, 9.17) is 28.9 Å². The lowest BCUT2D eigenvalue weighted by Gasteiger charge is -2.23. The molecule has 6 heteroatoms. The molecule has 4 N–H and O–H groups in total. The van der Waals surface area contributed by atoms with E-state index in [-0.39, 0.29) is 6.03 Å². The van der Waals surface area contributed by atoms with E-state index < -0.39 is 0 Å². The molecular formula is C15H13Cl2N3O. The Morgan fingerprint density at radius 2 is 1.90 bits per heavy atom. The molecule has 2 aromatic rings. The van der Waals surface area contributed by atoms with E-state index in [1.165, 1.54) is 0 Å². The standard InChI is InChI=1S/C15H13Cl2N3O/c16-9-2-4-11(13(17)5-9)10-3-1-8-7-19-15(21)20-14(8)12(10)6-18/h1-5H,6-7,18H2,(H2,19,20,21). The largest absolute Gasteiger partial charge is 0.334 e. The van der Waals surface area contributed by atoms with Crippen LogP contribution in [0, 0.1) is 0 Å². The highest BCUT2D eigenvalue weighted by atomic mass is 35.5. The van der Waals surface area contributed by atoms with E-state index in [2.05, 4.69) is 10.6 Å². The van der Waals surface area contributed by atoms with Gasteiger partial charge in [-0.3, -0.25) is 0 Å². The van der Waals surface area contributed by atoms with Crippen LogP contribution in [-0.2, 0) is 13.1 Å². The van der Waals surface area contributed by atoms with Gasteiger partial charge in [-0.1, -0.05) is 41.4 Å². The number of anilines is 1. The molecule has 4 nitrogen and oxygen atoms in total. The number of hydrogen-bond donors (Lipinski definition) is 3. The molecule has 1 aliphatic heterocycles. The number of benzene rings is 2. The molecule has 1 heterocycles. The third kappa shape index (κ3) is 2.58. The van der Waals surface area contributed by atoms with Crippen LogP contribution in [0.3, 0.4) is 0 Å². The summed E-state index contributed by atoms with van der Waals surface area (Å²) in [5.41, 5.74) is 10.3. The van der Waals surface area contributed by atoms with E-state index in [9.17, 15) is 4.79 Å². The number of amides is 2. The molecule has 108 valence electrons. The predicted octanol–water partition coefficient (Wildman–Crippen LogP) is 3.75. The van der Waals surface area contributed by atoms with Crippen LogP contribution in [0.2, 0.25) is 10.0 Å². The molecule has 0 bridgehead atoms. The van der Waals surface area contributed by atoms with Crippen molar-refractivity contribution in [2.24, 2.45) is 5.73 Å².